The summed E-state index contributed by atoms with van der Waals surface area (Å²) in [5, 5.41) is 0.619. The summed E-state index contributed by atoms with van der Waals surface area (Å²) in [7, 11) is 3.71. The minimum atomic E-state index is -0.352. The lowest BCUT2D eigenvalue weighted by Crippen LogP contribution is -2.48. The van der Waals surface area contributed by atoms with E-state index in [9.17, 15) is 9.18 Å². The topological polar surface area (TPSA) is 57.5 Å². The van der Waals surface area contributed by atoms with E-state index in [-0.39, 0.29) is 11.5 Å². The molecule has 0 bridgehead atoms. The Kier molecular flexibility index (Phi) is 6.08. The third-order valence-electron chi connectivity index (χ3n) is 5.25. The number of hydrogen-bond donors (Lipinski definition) is 0. The van der Waals surface area contributed by atoms with Crippen LogP contribution < -0.4 is 20.4 Å². The maximum atomic E-state index is 13.2. The molecule has 162 valence electrons. The lowest BCUT2D eigenvalue weighted by molar-refractivity contribution is 0.616. The Morgan fingerprint density at radius 3 is 2.32 bits per heavy atom. The van der Waals surface area contributed by atoms with Crippen molar-refractivity contribution in [1.82, 2.24) is 14.5 Å². The molecule has 1 aliphatic heterocycles. The molecule has 1 saturated heterocycles. The number of hydrogen-bond acceptors (Lipinski definition) is 6. The van der Waals surface area contributed by atoms with Crippen molar-refractivity contribution in [1.29, 1.82) is 0 Å². The summed E-state index contributed by atoms with van der Waals surface area (Å²) in [5.41, 5.74) is 1.53. The molecular weight excluding hydrogens is 419 g/mol. The number of aromatic nitrogens is 3. The Bertz CT molecular complexity index is 1110. The van der Waals surface area contributed by atoms with Gasteiger partial charge < -0.3 is 14.7 Å². The largest absolute Gasteiger partial charge is 0.368 e. The maximum absolute atomic E-state index is 13.2. The Balaban J connectivity index is 1.54. The van der Waals surface area contributed by atoms with Crippen molar-refractivity contribution in [2.75, 3.05) is 55.0 Å². The van der Waals surface area contributed by atoms with Crippen molar-refractivity contribution in [3.05, 3.63) is 75.4 Å². The Hall–Kier alpha value is -3.13. The summed E-state index contributed by atoms with van der Waals surface area (Å²) in [5.74, 6) is 0.719. The molecule has 0 aliphatic carbocycles. The van der Waals surface area contributed by atoms with Gasteiger partial charge in [-0.05, 0) is 42.0 Å². The number of piperazine rings is 1. The normalized spacial score (nSPS) is 14.1. The fourth-order valence-electron chi connectivity index (χ4n) is 3.66. The second-order valence-electron chi connectivity index (χ2n) is 7.67. The number of anilines is 3. The standard InChI is InChI=1S/C22H24ClFN6O/c1-27(2)21-25-20(26-22(31)30(21)15-16-4-3-5-17(23)14-16)29-12-10-28(11-13-29)19-8-6-18(24)7-9-19/h3-9,14H,10-13,15H2,1-2H3. The first-order valence-electron chi connectivity index (χ1n) is 10.1. The molecule has 7 nitrogen and oxygen atoms in total. The first kappa shape index (κ1) is 21.1. The van der Waals surface area contributed by atoms with Crippen molar-refractivity contribution in [2.45, 2.75) is 6.54 Å². The van der Waals surface area contributed by atoms with Crippen LogP contribution in [0.1, 0.15) is 5.56 Å². The van der Waals surface area contributed by atoms with E-state index in [1.54, 1.807) is 22.8 Å². The monoisotopic (exact) mass is 442 g/mol. The Morgan fingerprint density at radius 2 is 1.68 bits per heavy atom. The van der Waals surface area contributed by atoms with E-state index in [1.165, 1.54) is 12.1 Å². The molecular formula is C22H24ClFN6O. The van der Waals surface area contributed by atoms with E-state index < -0.39 is 0 Å². The zero-order chi connectivity index (χ0) is 22.0. The van der Waals surface area contributed by atoms with Crippen LogP contribution >= 0.6 is 11.6 Å². The molecule has 2 heterocycles. The third-order valence-corrected chi connectivity index (χ3v) is 5.49. The van der Waals surface area contributed by atoms with Gasteiger partial charge in [0.2, 0.25) is 11.9 Å². The lowest BCUT2D eigenvalue weighted by Gasteiger charge is -2.36. The zero-order valence-electron chi connectivity index (χ0n) is 17.5. The molecule has 1 aromatic heterocycles. The van der Waals surface area contributed by atoms with Crippen LogP contribution in [-0.4, -0.2) is 54.8 Å². The van der Waals surface area contributed by atoms with E-state index in [0.717, 1.165) is 24.3 Å². The van der Waals surface area contributed by atoms with Gasteiger partial charge >= 0.3 is 5.69 Å². The molecule has 0 N–H and O–H groups in total. The Morgan fingerprint density at radius 1 is 1.00 bits per heavy atom. The van der Waals surface area contributed by atoms with Crippen LogP contribution in [0.25, 0.3) is 0 Å². The predicted molar refractivity (Wildman–Crippen MR) is 122 cm³/mol. The highest BCUT2D eigenvalue weighted by Crippen LogP contribution is 2.20. The summed E-state index contributed by atoms with van der Waals surface area (Å²) < 4.78 is 14.7. The van der Waals surface area contributed by atoms with Gasteiger partial charge in [0.1, 0.15) is 5.82 Å². The molecule has 0 unspecified atom stereocenters. The van der Waals surface area contributed by atoms with Gasteiger partial charge in [0.15, 0.2) is 0 Å². The molecule has 1 aliphatic rings. The third kappa shape index (κ3) is 4.80. The quantitative estimate of drug-likeness (QED) is 0.605. The highest BCUT2D eigenvalue weighted by molar-refractivity contribution is 6.30. The minimum absolute atomic E-state index is 0.245. The molecule has 9 heteroatoms. The second-order valence-corrected chi connectivity index (χ2v) is 8.10. The van der Waals surface area contributed by atoms with Gasteiger partial charge in [-0.2, -0.15) is 9.97 Å². The first-order chi connectivity index (χ1) is 14.9. The number of nitrogens with zero attached hydrogens (tertiary/aromatic N) is 6. The SMILES string of the molecule is CN(C)c1nc(N2CCN(c3ccc(F)cc3)CC2)nc(=O)n1Cc1cccc(Cl)c1. The van der Waals surface area contributed by atoms with Gasteiger partial charge in [0.05, 0.1) is 6.54 Å². The number of benzene rings is 2. The summed E-state index contributed by atoms with van der Waals surface area (Å²) in [4.78, 5) is 27.9. The van der Waals surface area contributed by atoms with E-state index in [4.69, 9.17) is 11.6 Å². The summed E-state index contributed by atoms with van der Waals surface area (Å²) in [6, 6.07) is 13.9. The van der Waals surface area contributed by atoms with Crippen LogP contribution in [0, 0.1) is 5.82 Å². The lowest BCUT2D eigenvalue weighted by atomic mass is 10.2. The van der Waals surface area contributed by atoms with Crippen LogP contribution in [0.4, 0.5) is 22.0 Å². The van der Waals surface area contributed by atoms with Crippen molar-refractivity contribution in [3.63, 3.8) is 0 Å². The van der Waals surface area contributed by atoms with Gasteiger partial charge in [-0.25, -0.2) is 9.18 Å². The first-order valence-corrected chi connectivity index (χ1v) is 10.4. The second kappa shape index (κ2) is 8.93. The van der Waals surface area contributed by atoms with Crippen molar-refractivity contribution in [3.8, 4) is 0 Å². The predicted octanol–water partition coefficient (Wildman–Crippen LogP) is 2.87. The molecule has 2 aromatic carbocycles. The van der Waals surface area contributed by atoms with Gasteiger partial charge in [-0.3, -0.25) is 4.57 Å². The summed E-state index contributed by atoms with van der Waals surface area (Å²) >= 11 is 6.09. The molecule has 0 radical (unpaired) electrons. The fraction of sp³-hybridized carbons (Fsp3) is 0.318. The molecule has 0 spiro atoms. The highest BCUT2D eigenvalue weighted by Gasteiger charge is 2.22. The van der Waals surface area contributed by atoms with Crippen LogP contribution in [0.5, 0.6) is 0 Å². The zero-order valence-corrected chi connectivity index (χ0v) is 18.3. The molecule has 3 aromatic rings. The molecule has 1 fully saturated rings. The van der Waals surface area contributed by atoms with Crippen LogP contribution in [0.2, 0.25) is 5.02 Å². The van der Waals surface area contributed by atoms with Crippen molar-refractivity contribution < 1.29 is 4.39 Å². The smallest absolute Gasteiger partial charge is 0.353 e. The van der Waals surface area contributed by atoms with Gasteiger partial charge in [-0.1, -0.05) is 23.7 Å². The molecule has 0 atom stereocenters. The average Bonchev–Trinajstić information content (AvgIpc) is 2.75. The highest BCUT2D eigenvalue weighted by atomic mass is 35.5. The van der Waals surface area contributed by atoms with Gasteiger partial charge in [-0.15, -0.1) is 0 Å². The van der Waals surface area contributed by atoms with Gasteiger partial charge in [0.25, 0.3) is 0 Å². The van der Waals surface area contributed by atoms with E-state index in [0.29, 0.717) is 36.6 Å². The minimum Gasteiger partial charge on any atom is -0.368 e. The number of rotatable bonds is 5. The van der Waals surface area contributed by atoms with Crippen LogP contribution in [-0.2, 0) is 6.54 Å². The van der Waals surface area contributed by atoms with E-state index in [1.807, 2.05) is 42.1 Å². The summed E-state index contributed by atoms with van der Waals surface area (Å²) in [6.07, 6.45) is 0. The molecule has 0 saturated carbocycles. The molecule has 4 rings (SSSR count). The fourth-order valence-corrected chi connectivity index (χ4v) is 3.87. The van der Waals surface area contributed by atoms with E-state index in [2.05, 4.69) is 14.9 Å². The average molecular weight is 443 g/mol. The van der Waals surface area contributed by atoms with Crippen molar-refractivity contribution >= 4 is 29.2 Å². The number of halogens is 2. The maximum Gasteiger partial charge on any atom is 0.353 e. The van der Waals surface area contributed by atoms with E-state index >= 15 is 0 Å². The van der Waals surface area contributed by atoms with Gasteiger partial charge in [0, 0.05) is 51.0 Å². The molecule has 0 amide bonds. The summed E-state index contributed by atoms with van der Waals surface area (Å²) in [6.45, 7) is 3.14. The van der Waals surface area contributed by atoms with Crippen molar-refractivity contribution in [2.24, 2.45) is 0 Å². The Labute approximate surface area is 185 Å². The molecule has 31 heavy (non-hydrogen) atoms. The van der Waals surface area contributed by atoms with Crippen LogP contribution in [0.3, 0.4) is 0 Å². The van der Waals surface area contributed by atoms with Crippen LogP contribution in [0.15, 0.2) is 53.3 Å².